The van der Waals surface area contributed by atoms with Gasteiger partial charge in [-0.15, -0.1) is 0 Å². The number of hydrogen-bond donors (Lipinski definition) is 0. The van der Waals surface area contributed by atoms with Crippen molar-refractivity contribution in [3.8, 4) is 5.75 Å². The monoisotopic (exact) mass is 191 g/mol. The molecule has 0 atom stereocenters. The third kappa shape index (κ3) is 1.90. The highest BCUT2D eigenvalue weighted by atomic mass is 16.5. The highest BCUT2D eigenvalue weighted by Gasteiger charge is 2.26. The predicted molar refractivity (Wildman–Crippen MR) is 57.5 cm³/mol. The summed E-state index contributed by atoms with van der Waals surface area (Å²) in [4.78, 5) is 2.30. The van der Waals surface area contributed by atoms with Crippen LogP contribution < -0.4 is 4.74 Å². The number of para-hydroxylation sites is 1. The molecule has 2 nitrogen and oxygen atoms in total. The first-order valence-corrected chi connectivity index (χ1v) is 5.02. The fourth-order valence-electron chi connectivity index (χ4n) is 2.06. The molecule has 1 aromatic carbocycles. The molecule has 0 spiro atoms. The number of likely N-dealkylation sites (N-methyl/N-ethyl adjacent to an activating group) is 1. The summed E-state index contributed by atoms with van der Waals surface area (Å²) >= 11 is 0. The van der Waals surface area contributed by atoms with E-state index in [4.69, 9.17) is 4.74 Å². The van der Waals surface area contributed by atoms with E-state index in [0.717, 1.165) is 18.8 Å². The molecule has 0 bridgehead atoms. The van der Waals surface area contributed by atoms with Gasteiger partial charge in [0, 0.05) is 18.7 Å². The molecule has 0 amide bonds. The van der Waals surface area contributed by atoms with Crippen LogP contribution >= 0.6 is 0 Å². The van der Waals surface area contributed by atoms with Crippen molar-refractivity contribution in [3.05, 3.63) is 29.8 Å². The lowest BCUT2D eigenvalue weighted by Gasteiger charge is -2.27. The maximum Gasteiger partial charge on any atom is 0.124 e. The molecule has 2 rings (SSSR count). The Morgan fingerprint density at radius 1 is 1.29 bits per heavy atom. The van der Waals surface area contributed by atoms with Crippen molar-refractivity contribution in [2.45, 2.75) is 26.0 Å². The molecule has 2 heteroatoms. The minimum absolute atomic E-state index is 0.0959. The summed E-state index contributed by atoms with van der Waals surface area (Å²) in [6.45, 7) is 6.19. The van der Waals surface area contributed by atoms with Gasteiger partial charge in [0.05, 0.1) is 0 Å². The van der Waals surface area contributed by atoms with Crippen LogP contribution in [0.5, 0.6) is 5.75 Å². The van der Waals surface area contributed by atoms with Gasteiger partial charge in [-0.2, -0.15) is 0 Å². The van der Waals surface area contributed by atoms with Crippen LogP contribution in [0.25, 0.3) is 0 Å². The summed E-state index contributed by atoms with van der Waals surface area (Å²) < 4.78 is 5.97. The number of benzene rings is 1. The van der Waals surface area contributed by atoms with Crippen molar-refractivity contribution >= 4 is 0 Å². The number of fused-ring (bicyclic) bond motifs is 1. The zero-order valence-corrected chi connectivity index (χ0v) is 9.08. The Morgan fingerprint density at radius 3 is 2.79 bits per heavy atom. The number of nitrogens with zero attached hydrogens (tertiary/aromatic N) is 1. The number of rotatable bonds is 0. The predicted octanol–water partition coefficient (Wildman–Crippen LogP) is 2.29. The van der Waals surface area contributed by atoms with Crippen molar-refractivity contribution in [2.75, 3.05) is 13.6 Å². The van der Waals surface area contributed by atoms with E-state index in [9.17, 15) is 0 Å². The molecule has 0 radical (unpaired) electrons. The second-order valence-corrected chi connectivity index (χ2v) is 4.64. The van der Waals surface area contributed by atoms with Gasteiger partial charge < -0.3 is 4.74 Å². The normalized spacial score (nSPS) is 20.8. The van der Waals surface area contributed by atoms with Gasteiger partial charge in [-0.05, 0) is 27.0 Å². The Balaban J connectivity index is 2.37. The van der Waals surface area contributed by atoms with Crippen molar-refractivity contribution in [1.82, 2.24) is 4.90 Å². The fraction of sp³-hybridized carbons (Fsp3) is 0.500. The molecule has 14 heavy (non-hydrogen) atoms. The Bertz CT molecular complexity index is 333. The average molecular weight is 191 g/mol. The first-order chi connectivity index (χ1) is 6.57. The van der Waals surface area contributed by atoms with Gasteiger partial charge in [0.25, 0.3) is 0 Å². The first kappa shape index (κ1) is 9.53. The third-order valence-electron chi connectivity index (χ3n) is 2.45. The lowest BCUT2D eigenvalue weighted by atomic mass is 10.1. The smallest absolute Gasteiger partial charge is 0.124 e. The van der Waals surface area contributed by atoms with E-state index >= 15 is 0 Å². The van der Waals surface area contributed by atoms with E-state index in [0.29, 0.717) is 0 Å². The summed E-state index contributed by atoms with van der Waals surface area (Å²) in [5.74, 6) is 1.03. The maximum absolute atomic E-state index is 5.97. The molecule has 1 aliphatic heterocycles. The van der Waals surface area contributed by atoms with Crippen LogP contribution in [-0.4, -0.2) is 24.1 Å². The lowest BCUT2D eigenvalue weighted by Crippen LogP contribution is -2.38. The summed E-state index contributed by atoms with van der Waals surface area (Å²) in [7, 11) is 2.13. The van der Waals surface area contributed by atoms with E-state index in [1.54, 1.807) is 0 Å². The molecule has 1 aliphatic rings. The van der Waals surface area contributed by atoms with Crippen molar-refractivity contribution in [3.63, 3.8) is 0 Å². The summed E-state index contributed by atoms with van der Waals surface area (Å²) in [6.07, 6.45) is 0. The molecule has 0 N–H and O–H groups in total. The number of hydrogen-bond acceptors (Lipinski definition) is 2. The van der Waals surface area contributed by atoms with E-state index < -0.39 is 0 Å². The molecular formula is C12H17NO. The molecule has 1 heterocycles. The van der Waals surface area contributed by atoms with Crippen molar-refractivity contribution < 1.29 is 4.74 Å². The average Bonchev–Trinajstić information content (AvgIpc) is 2.16. The standard InChI is InChI=1S/C12H17NO/c1-12(2)9-13(3)8-10-6-4-5-7-11(10)14-12/h4-7H,8-9H2,1-3H3. The molecular weight excluding hydrogens is 174 g/mol. The van der Waals surface area contributed by atoms with Crippen molar-refractivity contribution in [1.29, 1.82) is 0 Å². The lowest BCUT2D eigenvalue weighted by molar-refractivity contribution is 0.0808. The molecule has 0 aliphatic carbocycles. The Labute approximate surface area is 85.5 Å². The van der Waals surface area contributed by atoms with Crippen LogP contribution in [0.4, 0.5) is 0 Å². The minimum Gasteiger partial charge on any atom is -0.486 e. The third-order valence-corrected chi connectivity index (χ3v) is 2.45. The second kappa shape index (κ2) is 3.28. The Morgan fingerprint density at radius 2 is 2.00 bits per heavy atom. The molecule has 1 aromatic rings. The Kier molecular flexibility index (Phi) is 2.23. The summed E-state index contributed by atoms with van der Waals surface area (Å²) in [5, 5.41) is 0. The van der Waals surface area contributed by atoms with Crippen LogP contribution in [0, 0.1) is 0 Å². The van der Waals surface area contributed by atoms with E-state index in [2.05, 4.69) is 44.0 Å². The van der Waals surface area contributed by atoms with Gasteiger partial charge in [-0.1, -0.05) is 18.2 Å². The molecule has 0 aromatic heterocycles. The molecule has 76 valence electrons. The van der Waals surface area contributed by atoms with Crippen LogP contribution in [0.3, 0.4) is 0 Å². The Hall–Kier alpha value is -1.02. The SMILES string of the molecule is CN1Cc2ccccc2OC(C)(C)C1. The topological polar surface area (TPSA) is 12.5 Å². The van der Waals surface area contributed by atoms with Crippen LogP contribution in [-0.2, 0) is 6.54 Å². The van der Waals surface area contributed by atoms with Crippen LogP contribution in [0.1, 0.15) is 19.4 Å². The van der Waals surface area contributed by atoms with Crippen LogP contribution in [0.15, 0.2) is 24.3 Å². The highest BCUT2D eigenvalue weighted by molar-refractivity contribution is 5.34. The van der Waals surface area contributed by atoms with E-state index in [1.165, 1.54) is 5.56 Å². The van der Waals surface area contributed by atoms with E-state index in [1.807, 2.05) is 6.07 Å². The van der Waals surface area contributed by atoms with Crippen molar-refractivity contribution in [2.24, 2.45) is 0 Å². The molecule has 0 saturated heterocycles. The zero-order valence-electron chi connectivity index (χ0n) is 9.08. The first-order valence-electron chi connectivity index (χ1n) is 5.02. The largest absolute Gasteiger partial charge is 0.486 e. The van der Waals surface area contributed by atoms with Crippen LogP contribution in [0.2, 0.25) is 0 Å². The van der Waals surface area contributed by atoms with Gasteiger partial charge in [0.2, 0.25) is 0 Å². The van der Waals surface area contributed by atoms with Gasteiger partial charge in [0.1, 0.15) is 11.4 Å². The number of ether oxygens (including phenoxy) is 1. The quantitative estimate of drug-likeness (QED) is 0.624. The van der Waals surface area contributed by atoms with Gasteiger partial charge in [-0.25, -0.2) is 0 Å². The molecule has 0 unspecified atom stereocenters. The second-order valence-electron chi connectivity index (χ2n) is 4.64. The molecule has 0 fully saturated rings. The molecule has 0 saturated carbocycles. The van der Waals surface area contributed by atoms with Gasteiger partial charge >= 0.3 is 0 Å². The minimum atomic E-state index is -0.0959. The van der Waals surface area contributed by atoms with E-state index in [-0.39, 0.29) is 5.60 Å². The zero-order chi connectivity index (χ0) is 10.2. The maximum atomic E-state index is 5.97. The fourth-order valence-corrected chi connectivity index (χ4v) is 2.06. The van der Waals surface area contributed by atoms with Gasteiger partial charge in [0.15, 0.2) is 0 Å². The summed E-state index contributed by atoms with van der Waals surface area (Å²) in [5.41, 5.74) is 1.18. The summed E-state index contributed by atoms with van der Waals surface area (Å²) in [6, 6.07) is 8.28. The highest BCUT2D eigenvalue weighted by Crippen LogP contribution is 2.28. The van der Waals surface area contributed by atoms with Gasteiger partial charge in [-0.3, -0.25) is 4.90 Å².